The SMILES string of the molecule is CC(=O)CSc1nc(-c2ccccc2)c(-c2ccccc2)s1. The molecule has 1 heterocycles. The quantitative estimate of drug-likeness (QED) is 0.607. The highest BCUT2D eigenvalue weighted by Gasteiger charge is 2.15. The lowest BCUT2D eigenvalue weighted by atomic mass is 10.1. The molecule has 3 rings (SSSR count). The van der Waals surface area contributed by atoms with Gasteiger partial charge in [0.05, 0.1) is 16.3 Å². The summed E-state index contributed by atoms with van der Waals surface area (Å²) >= 11 is 3.16. The molecule has 22 heavy (non-hydrogen) atoms. The third kappa shape index (κ3) is 3.46. The summed E-state index contributed by atoms with van der Waals surface area (Å²) in [5, 5.41) is 0. The van der Waals surface area contributed by atoms with E-state index in [-0.39, 0.29) is 5.78 Å². The zero-order chi connectivity index (χ0) is 15.4. The van der Waals surface area contributed by atoms with Crippen LogP contribution in [0.25, 0.3) is 21.7 Å². The molecule has 0 aliphatic rings. The Kier molecular flexibility index (Phi) is 4.71. The Hall–Kier alpha value is -1.91. The molecule has 0 saturated carbocycles. The first-order valence-electron chi connectivity index (χ1n) is 6.98. The van der Waals surface area contributed by atoms with Crippen molar-refractivity contribution in [3.8, 4) is 21.7 Å². The summed E-state index contributed by atoms with van der Waals surface area (Å²) in [6.07, 6.45) is 0. The fraction of sp³-hybridized carbons (Fsp3) is 0.111. The Bertz CT molecular complexity index is 709. The molecule has 0 atom stereocenters. The first-order chi connectivity index (χ1) is 10.7. The van der Waals surface area contributed by atoms with Crippen molar-refractivity contribution in [3.05, 3.63) is 60.7 Å². The van der Waals surface area contributed by atoms with Crippen LogP contribution < -0.4 is 0 Å². The van der Waals surface area contributed by atoms with E-state index in [0.29, 0.717) is 5.75 Å². The summed E-state index contributed by atoms with van der Waals surface area (Å²) in [6.45, 7) is 1.61. The number of aromatic nitrogens is 1. The Morgan fingerprint density at radius 1 is 1.00 bits per heavy atom. The van der Waals surface area contributed by atoms with Gasteiger partial charge in [-0.3, -0.25) is 4.79 Å². The van der Waals surface area contributed by atoms with E-state index in [9.17, 15) is 4.79 Å². The van der Waals surface area contributed by atoms with Crippen LogP contribution in [-0.2, 0) is 4.79 Å². The largest absolute Gasteiger partial charge is 0.299 e. The molecule has 3 aromatic rings. The minimum absolute atomic E-state index is 0.169. The van der Waals surface area contributed by atoms with Crippen molar-refractivity contribution in [1.82, 2.24) is 4.98 Å². The number of hydrogen-bond donors (Lipinski definition) is 0. The van der Waals surface area contributed by atoms with Gasteiger partial charge in [0.1, 0.15) is 5.78 Å². The van der Waals surface area contributed by atoms with Gasteiger partial charge in [-0.05, 0) is 12.5 Å². The zero-order valence-corrected chi connectivity index (χ0v) is 13.8. The smallest absolute Gasteiger partial charge is 0.151 e. The van der Waals surface area contributed by atoms with E-state index in [4.69, 9.17) is 4.98 Å². The van der Waals surface area contributed by atoms with Gasteiger partial charge in [-0.15, -0.1) is 11.3 Å². The number of hydrogen-bond acceptors (Lipinski definition) is 4. The van der Waals surface area contributed by atoms with Crippen molar-refractivity contribution < 1.29 is 4.79 Å². The van der Waals surface area contributed by atoms with Crippen LogP contribution in [0.1, 0.15) is 6.92 Å². The van der Waals surface area contributed by atoms with Gasteiger partial charge in [0.25, 0.3) is 0 Å². The van der Waals surface area contributed by atoms with Gasteiger partial charge in [-0.25, -0.2) is 4.98 Å². The van der Waals surface area contributed by atoms with Gasteiger partial charge in [-0.2, -0.15) is 0 Å². The van der Waals surface area contributed by atoms with Gasteiger partial charge < -0.3 is 0 Å². The molecule has 2 aromatic carbocycles. The second kappa shape index (κ2) is 6.90. The molecule has 0 aliphatic carbocycles. The first kappa shape index (κ1) is 15.0. The van der Waals surface area contributed by atoms with E-state index in [0.717, 1.165) is 26.0 Å². The molecule has 2 nitrogen and oxygen atoms in total. The Morgan fingerprint density at radius 2 is 1.59 bits per heavy atom. The van der Waals surface area contributed by atoms with Crippen LogP contribution in [0.4, 0.5) is 0 Å². The molecule has 0 aliphatic heterocycles. The third-order valence-corrected chi connectivity index (χ3v) is 5.48. The number of carbonyl (C=O) groups excluding carboxylic acids is 1. The second-order valence-corrected chi connectivity index (χ2v) is 7.10. The molecule has 0 radical (unpaired) electrons. The number of thioether (sulfide) groups is 1. The molecule has 0 amide bonds. The van der Waals surface area contributed by atoms with Gasteiger partial charge >= 0.3 is 0 Å². The summed E-state index contributed by atoms with van der Waals surface area (Å²) in [4.78, 5) is 17.1. The number of ketones is 1. The average molecular weight is 325 g/mol. The normalized spacial score (nSPS) is 10.6. The van der Waals surface area contributed by atoms with Crippen LogP contribution in [0.2, 0.25) is 0 Å². The Labute approximate surface area is 138 Å². The van der Waals surface area contributed by atoms with Crippen molar-refractivity contribution in [2.75, 3.05) is 5.75 Å². The van der Waals surface area contributed by atoms with Crippen LogP contribution in [0, 0.1) is 0 Å². The van der Waals surface area contributed by atoms with E-state index < -0.39 is 0 Å². The number of nitrogens with zero attached hydrogens (tertiary/aromatic N) is 1. The molecule has 1 aromatic heterocycles. The maximum Gasteiger partial charge on any atom is 0.151 e. The number of thiazole rings is 1. The van der Waals surface area contributed by atoms with Crippen molar-refractivity contribution in [3.63, 3.8) is 0 Å². The van der Waals surface area contributed by atoms with E-state index in [1.807, 2.05) is 36.4 Å². The highest BCUT2D eigenvalue weighted by atomic mass is 32.2. The number of carbonyl (C=O) groups is 1. The third-order valence-electron chi connectivity index (χ3n) is 3.09. The molecule has 110 valence electrons. The van der Waals surface area contributed by atoms with E-state index in [1.165, 1.54) is 11.8 Å². The van der Waals surface area contributed by atoms with Gasteiger partial charge in [0, 0.05) is 5.56 Å². The summed E-state index contributed by atoms with van der Waals surface area (Å²) in [7, 11) is 0. The number of Topliss-reactive ketones (excluding diaryl/α,β-unsaturated/α-hetero) is 1. The van der Waals surface area contributed by atoms with Crippen LogP contribution in [0.3, 0.4) is 0 Å². The fourth-order valence-corrected chi connectivity index (χ4v) is 4.07. The predicted molar refractivity (Wildman–Crippen MR) is 94.4 cm³/mol. The van der Waals surface area contributed by atoms with Crippen molar-refractivity contribution in [2.45, 2.75) is 11.3 Å². The second-order valence-electron chi connectivity index (χ2n) is 4.88. The zero-order valence-electron chi connectivity index (χ0n) is 12.2. The molecule has 0 saturated heterocycles. The minimum Gasteiger partial charge on any atom is -0.299 e. The molecular weight excluding hydrogens is 310 g/mol. The molecule has 0 unspecified atom stereocenters. The van der Waals surface area contributed by atoms with Crippen LogP contribution in [0.15, 0.2) is 65.0 Å². The monoisotopic (exact) mass is 325 g/mol. The summed E-state index contributed by atoms with van der Waals surface area (Å²) < 4.78 is 0.938. The molecule has 0 fully saturated rings. The Balaban J connectivity index is 2.04. The van der Waals surface area contributed by atoms with Crippen molar-refractivity contribution >= 4 is 28.9 Å². The first-order valence-corrected chi connectivity index (χ1v) is 8.78. The number of rotatable bonds is 5. The molecule has 0 bridgehead atoms. The summed E-state index contributed by atoms with van der Waals surface area (Å²) in [5.74, 6) is 0.637. The average Bonchev–Trinajstić information content (AvgIpc) is 2.99. The summed E-state index contributed by atoms with van der Waals surface area (Å²) in [6, 6.07) is 20.5. The van der Waals surface area contributed by atoms with Crippen molar-refractivity contribution in [2.24, 2.45) is 0 Å². The van der Waals surface area contributed by atoms with Gasteiger partial charge in [-0.1, -0.05) is 72.4 Å². The lowest BCUT2D eigenvalue weighted by Gasteiger charge is -2.02. The van der Waals surface area contributed by atoms with Crippen LogP contribution in [-0.4, -0.2) is 16.5 Å². The number of benzene rings is 2. The van der Waals surface area contributed by atoms with Gasteiger partial charge in [0.2, 0.25) is 0 Å². The van der Waals surface area contributed by atoms with Gasteiger partial charge in [0.15, 0.2) is 4.34 Å². The van der Waals surface area contributed by atoms with E-state index in [2.05, 4.69) is 24.3 Å². The van der Waals surface area contributed by atoms with Crippen molar-refractivity contribution in [1.29, 1.82) is 0 Å². The maximum absolute atomic E-state index is 11.2. The lowest BCUT2D eigenvalue weighted by molar-refractivity contribution is -0.114. The Morgan fingerprint density at radius 3 is 2.18 bits per heavy atom. The predicted octanol–water partition coefficient (Wildman–Crippen LogP) is 5.16. The molecule has 0 N–H and O–H groups in total. The minimum atomic E-state index is 0.169. The molecule has 0 spiro atoms. The summed E-state index contributed by atoms with van der Waals surface area (Å²) in [5.41, 5.74) is 3.25. The van der Waals surface area contributed by atoms with E-state index in [1.54, 1.807) is 18.3 Å². The van der Waals surface area contributed by atoms with Crippen LogP contribution >= 0.6 is 23.1 Å². The van der Waals surface area contributed by atoms with E-state index >= 15 is 0 Å². The topological polar surface area (TPSA) is 30.0 Å². The highest BCUT2D eigenvalue weighted by Crippen LogP contribution is 2.40. The molecular formula is C18H15NOS2. The lowest BCUT2D eigenvalue weighted by Crippen LogP contribution is -1.92. The maximum atomic E-state index is 11.2. The van der Waals surface area contributed by atoms with Crippen LogP contribution in [0.5, 0.6) is 0 Å². The highest BCUT2D eigenvalue weighted by molar-refractivity contribution is 8.01. The standard InChI is InChI=1S/C18H15NOS2/c1-13(20)12-21-18-19-16(14-8-4-2-5-9-14)17(22-18)15-10-6-3-7-11-15/h2-11H,12H2,1H3. The molecule has 4 heteroatoms. The fourth-order valence-electron chi connectivity index (χ4n) is 2.10.